The number of sulfonamides is 1. The molecule has 0 aliphatic carbocycles. The highest BCUT2D eigenvalue weighted by Crippen LogP contribution is 2.35. The fraction of sp³-hybridized carbons (Fsp3) is 0.500. The summed E-state index contributed by atoms with van der Waals surface area (Å²) in [5.74, 6) is 0.136. The molecule has 1 atom stereocenters. The predicted molar refractivity (Wildman–Crippen MR) is 112 cm³/mol. The molecule has 2 aliphatic rings. The van der Waals surface area contributed by atoms with Crippen LogP contribution in [-0.4, -0.2) is 72.7 Å². The Hall–Kier alpha value is -1.81. The molecule has 0 N–H and O–H groups in total. The minimum atomic E-state index is -3.52. The highest BCUT2D eigenvalue weighted by molar-refractivity contribution is 7.89. The molecule has 29 heavy (non-hydrogen) atoms. The number of thiophene rings is 1. The number of nitrogens with zero attached hydrogens (tertiary/aromatic N) is 4. The van der Waals surface area contributed by atoms with Gasteiger partial charge < -0.3 is 4.90 Å². The first-order valence-corrected chi connectivity index (χ1v) is 12.3. The van der Waals surface area contributed by atoms with Crippen molar-refractivity contribution in [3.05, 3.63) is 46.4 Å². The largest absolute Gasteiger partial charge is 0.334 e. The molecule has 0 aromatic carbocycles. The normalized spacial score (nSPS) is 21.1. The maximum Gasteiger partial charge on any atom is 0.244 e. The number of amides is 1. The van der Waals surface area contributed by atoms with E-state index in [0.717, 1.165) is 19.4 Å². The number of piperazine rings is 1. The lowest BCUT2D eigenvalue weighted by molar-refractivity contribution is -0.135. The molecule has 0 bridgehead atoms. The Morgan fingerprint density at radius 3 is 2.69 bits per heavy atom. The van der Waals surface area contributed by atoms with E-state index in [1.165, 1.54) is 20.9 Å². The lowest BCUT2D eigenvalue weighted by atomic mass is 9.97. The highest BCUT2D eigenvalue weighted by Gasteiger charge is 2.33. The molecular formula is C20H26N4O3S2. The van der Waals surface area contributed by atoms with E-state index in [0.29, 0.717) is 32.7 Å². The van der Waals surface area contributed by atoms with Gasteiger partial charge in [0.15, 0.2) is 0 Å². The summed E-state index contributed by atoms with van der Waals surface area (Å²) in [6.45, 7) is 5.11. The fourth-order valence-electron chi connectivity index (χ4n) is 4.19. The van der Waals surface area contributed by atoms with Gasteiger partial charge in [-0.2, -0.15) is 4.31 Å². The first-order valence-electron chi connectivity index (χ1n) is 9.99. The molecule has 9 heteroatoms. The van der Waals surface area contributed by atoms with Gasteiger partial charge in [0.1, 0.15) is 4.90 Å². The van der Waals surface area contributed by atoms with Crippen LogP contribution < -0.4 is 0 Å². The van der Waals surface area contributed by atoms with Crippen molar-refractivity contribution in [3.8, 4) is 0 Å². The van der Waals surface area contributed by atoms with Crippen LogP contribution in [0, 0.1) is 0 Å². The number of pyridine rings is 1. The molecule has 2 aliphatic heterocycles. The number of fused-ring (bicyclic) bond motifs is 1. The van der Waals surface area contributed by atoms with E-state index in [-0.39, 0.29) is 16.8 Å². The molecule has 0 spiro atoms. The first kappa shape index (κ1) is 20.5. The number of hydrogen-bond donors (Lipinski definition) is 0. The van der Waals surface area contributed by atoms with Gasteiger partial charge in [0.05, 0.1) is 12.6 Å². The average molecular weight is 435 g/mol. The number of carbonyl (C=O) groups excluding carboxylic acids is 1. The van der Waals surface area contributed by atoms with Crippen LogP contribution in [-0.2, 0) is 21.2 Å². The van der Waals surface area contributed by atoms with E-state index in [1.807, 2.05) is 4.90 Å². The Morgan fingerprint density at radius 1 is 1.21 bits per heavy atom. The molecule has 0 saturated carbocycles. The van der Waals surface area contributed by atoms with Crippen LogP contribution in [0.4, 0.5) is 0 Å². The highest BCUT2D eigenvalue weighted by atomic mass is 32.2. The van der Waals surface area contributed by atoms with Gasteiger partial charge in [-0.3, -0.25) is 14.7 Å². The Labute approximate surface area is 176 Å². The van der Waals surface area contributed by atoms with Gasteiger partial charge in [0, 0.05) is 50.0 Å². The first-order chi connectivity index (χ1) is 14.0. The molecular weight excluding hydrogens is 408 g/mol. The molecule has 2 aromatic heterocycles. The van der Waals surface area contributed by atoms with Gasteiger partial charge in [0.25, 0.3) is 0 Å². The third kappa shape index (κ3) is 4.09. The SMILES string of the molecule is CCC1c2ccsc2CCN1C(=O)CN1CCN(S(=O)(=O)c2cccnc2)CC1. The van der Waals surface area contributed by atoms with Crippen molar-refractivity contribution in [2.75, 3.05) is 39.3 Å². The van der Waals surface area contributed by atoms with Crippen molar-refractivity contribution in [1.29, 1.82) is 0 Å². The molecule has 4 rings (SSSR count). The van der Waals surface area contributed by atoms with Gasteiger partial charge in [-0.05, 0) is 42.0 Å². The van der Waals surface area contributed by atoms with E-state index in [2.05, 4.69) is 28.3 Å². The second-order valence-corrected chi connectivity index (χ2v) is 10.4. The standard InChI is InChI=1S/C20H26N4O3S2/c1-2-18-17-6-13-28-19(17)5-8-24(18)20(25)15-22-9-11-23(12-10-22)29(26,27)16-4-3-7-21-14-16/h3-4,6-7,13-14,18H,2,5,8-12,15H2,1H3. The van der Waals surface area contributed by atoms with E-state index < -0.39 is 10.0 Å². The molecule has 156 valence electrons. The average Bonchev–Trinajstić information content (AvgIpc) is 3.23. The minimum absolute atomic E-state index is 0.136. The molecule has 4 heterocycles. The van der Waals surface area contributed by atoms with Gasteiger partial charge in [0.2, 0.25) is 15.9 Å². The topological polar surface area (TPSA) is 73.8 Å². The lowest BCUT2D eigenvalue weighted by Crippen LogP contribution is -2.52. The zero-order valence-corrected chi connectivity index (χ0v) is 18.2. The van der Waals surface area contributed by atoms with Gasteiger partial charge in [-0.1, -0.05) is 6.92 Å². The summed E-state index contributed by atoms with van der Waals surface area (Å²) < 4.78 is 26.9. The molecule has 1 amide bonds. The molecule has 2 aromatic rings. The number of carbonyl (C=O) groups is 1. The van der Waals surface area contributed by atoms with Crippen LogP contribution in [0.25, 0.3) is 0 Å². The summed E-state index contributed by atoms with van der Waals surface area (Å²) in [6.07, 6.45) is 4.77. The van der Waals surface area contributed by atoms with E-state index in [9.17, 15) is 13.2 Å². The third-order valence-corrected chi connectivity index (χ3v) is 8.64. The fourth-order valence-corrected chi connectivity index (χ4v) is 6.51. The van der Waals surface area contributed by atoms with Crippen molar-refractivity contribution >= 4 is 27.3 Å². The van der Waals surface area contributed by atoms with Gasteiger partial charge >= 0.3 is 0 Å². The maximum absolute atomic E-state index is 13.0. The summed E-state index contributed by atoms with van der Waals surface area (Å²) in [5, 5.41) is 2.11. The summed E-state index contributed by atoms with van der Waals surface area (Å²) in [6, 6.07) is 5.50. The molecule has 0 radical (unpaired) electrons. The van der Waals surface area contributed by atoms with Crippen molar-refractivity contribution in [2.45, 2.75) is 30.7 Å². The monoisotopic (exact) mass is 434 g/mol. The smallest absolute Gasteiger partial charge is 0.244 e. The molecule has 7 nitrogen and oxygen atoms in total. The zero-order valence-electron chi connectivity index (χ0n) is 16.5. The van der Waals surface area contributed by atoms with E-state index in [4.69, 9.17) is 0 Å². The van der Waals surface area contributed by atoms with E-state index >= 15 is 0 Å². The molecule has 1 unspecified atom stereocenters. The van der Waals surface area contributed by atoms with Crippen LogP contribution in [0.15, 0.2) is 40.9 Å². The number of hydrogen-bond acceptors (Lipinski definition) is 6. The lowest BCUT2D eigenvalue weighted by Gasteiger charge is -2.38. The second kappa shape index (κ2) is 8.51. The van der Waals surface area contributed by atoms with Gasteiger partial charge in [-0.25, -0.2) is 8.42 Å². The Kier molecular flexibility index (Phi) is 6.00. The van der Waals surface area contributed by atoms with Gasteiger partial charge in [-0.15, -0.1) is 11.3 Å². The summed E-state index contributed by atoms with van der Waals surface area (Å²) in [4.78, 5) is 22.6. The number of rotatable bonds is 5. The van der Waals surface area contributed by atoms with E-state index in [1.54, 1.807) is 29.7 Å². The number of aromatic nitrogens is 1. The Balaban J connectivity index is 1.36. The van der Waals surface area contributed by atoms with Crippen molar-refractivity contribution < 1.29 is 13.2 Å². The predicted octanol–water partition coefficient (Wildman–Crippen LogP) is 1.99. The minimum Gasteiger partial charge on any atom is -0.334 e. The zero-order chi connectivity index (χ0) is 20.4. The van der Waals surface area contributed by atoms with Crippen molar-refractivity contribution in [2.24, 2.45) is 0 Å². The second-order valence-electron chi connectivity index (χ2n) is 7.43. The molecule has 1 saturated heterocycles. The van der Waals surface area contributed by atoms with Crippen molar-refractivity contribution in [3.63, 3.8) is 0 Å². The quantitative estimate of drug-likeness (QED) is 0.720. The van der Waals surface area contributed by atoms with Crippen LogP contribution in [0.3, 0.4) is 0 Å². The molecule has 1 fully saturated rings. The Bertz CT molecular complexity index is 953. The summed E-state index contributed by atoms with van der Waals surface area (Å²) in [5.41, 5.74) is 1.30. The summed E-state index contributed by atoms with van der Waals surface area (Å²) >= 11 is 1.78. The van der Waals surface area contributed by atoms with Crippen LogP contribution in [0.5, 0.6) is 0 Å². The summed E-state index contributed by atoms with van der Waals surface area (Å²) in [7, 11) is -3.52. The van der Waals surface area contributed by atoms with Crippen molar-refractivity contribution in [1.82, 2.24) is 19.1 Å². The van der Waals surface area contributed by atoms with Crippen LogP contribution in [0.1, 0.15) is 29.8 Å². The van der Waals surface area contributed by atoms with Crippen LogP contribution in [0.2, 0.25) is 0 Å². The van der Waals surface area contributed by atoms with Crippen LogP contribution >= 0.6 is 11.3 Å². The maximum atomic E-state index is 13.0. The third-order valence-electron chi connectivity index (χ3n) is 5.76. The Morgan fingerprint density at radius 2 is 2.00 bits per heavy atom.